The van der Waals surface area contributed by atoms with Crippen molar-refractivity contribution >= 4 is 18.0 Å². The van der Waals surface area contributed by atoms with Crippen LogP contribution in [0.5, 0.6) is 0 Å². The number of nitrogens with one attached hydrogen (secondary N) is 2. The standard InChI is InChI=1S/C26H28N2O6/c29-23(30)21-13-16(21)14-27-24(31)26(9-11-33-12-10-26)28-25(32)34-15-22-19-7-3-1-5-17(19)18-6-2-4-8-20(18)22/h1-8,16,21-22H,9-15H2,(H,27,31)(H,28,32)(H,29,30). The van der Waals surface area contributed by atoms with Gasteiger partial charge in [-0.2, -0.15) is 0 Å². The van der Waals surface area contributed by atoms with Crippen molar-refractivity contribution in [1.29, 1.82) is 0 Å². The predicted octanol–water partition coefficient (Wildman–Crippen LogP) is 2.91. The summed E-state index contributed by atoms with van der Waals surface area (Å²) in [6.07, 6.45) is 0.575. The molecule has 178 valence electrons. The lowest BCUT2D eigenvalue weighted by molar-refractivity contribution is -0.139. The fourth-order valence-electron chi connectivity index (χ4n) is 5.13. The van der Waals surface area contributed by atoms with Crippen molar-refractivity contribution in [2.45, 2.75) is 30.7 Å². The maximum atomic E-state index is 13.1. The van der Waals surface area contributed by atoms with Crippen LogP contribution >= 0.6 is 0 Å². The van der Waals surface area contributed by atoms with E-state index in [0.717, 1.165) is 22.3 Å². The highest BCUT2D eigenvalue weighted by molar-refractivity contribution is 5.90. The van der Waals surface area contributed by atoms with Crippen LogP contribution in [0, 0.1) is 11.8 Å². The van der Waals surface area contributed by atoms with Crippen LogP contribution in [-0.2, 0) is 19.1 Å². The Labute approximate surface area is 197 Å². The molecular weight excluding hydrogens is 436 g/mol. The first-order chi connectivity index (χ1) is 16.5. The van der Waals surface area contributed by atoms with E-state index < -0.39 is 23.5 Å². The molecule has 2 aromatic rings. The number of hydrogen-bond acceptors (Lipinski definition) is 5. The molecule has 8 heteroatoms. The summed E-state index contributed by atoms with van der Waals surface area (Å²) in [7, 11) is 0. The lowest BCUT2D eigenvalue weighted by atomic mass is 9.89. The Bertz CT molecular complexity index is 1060. The summed E-state index contributed by atoms with van der Waals surface area (Å²) in [6.45, 7) is 1.14. The van der Waals surface area contributed by atoms with E-state index in [-0.39, 0.29) is 30.9 Å². The zero-order chi connectivity index (χ0) is 23.7. The third-order valence-electron chi connectivity index (χ3n) is 7.23. The molecular formula is C26H28N2O6. The number of aliphatic carboxylic acids is 1. The van der Waals surface area contributed by atoms with Crippen LogP contribution in [0.15, 0.2) is 48.5 Å². The van der Waals surface area contributed by atoms with Crippen LogP contribution in [0.3, 0.4) is 0 Å². The molecule has 8 nitrogen and oxygen atoms in total. The van der Waals surface area contributed by atoms with Crippen molar-refractivity contribution < 1.29 is 29.0 Å². The largest absolute Gasteiger partial charge is 0.481 e. The number of rotatable bonds is 7. The molecule has 1 aliphatic heterocycles. The third kappa shape index (κ3) is 4.25. The zero-order valence-corrected chi connectivity index (χ0v) is 18.8. The molecule has 2 amide bonds. The summed E-state index contributed by atoms with van der Waals surface area (Å²) < 4.78 is 11.1. The Balaban J connectivity index is 1.23. The average Bonchev–Trinajstić information content (AvgIpc) is 3.57. The Kier molecular flexibility index (Phi) is 6.00. The lowest BCUT2D eigenvalue weighted by Crippen LogP contribution is -2.61. The number of ether oxygens (including phenoxy) is 2. The van der Waals surface area contributed by atoms with Gasteiger partial charge in [-0.3, -0.25) is 9.59 Å². The lowest BCUT2D eigenvalue weighted by Gasteiger charge is -2.36. The van der Waals surface area contributed by atoms with Crippen LogP contribution in [0.1, 0.15) is 36.3 Å². The fourth-order valence-corrected chi connectivity index (χ4v) is 5.13. The molecule has 3 N–H and O–H groups in total. The number of carbonyl (C=O) groups is 3. The van der Waals surface area contributed by atoms with E-state index in [1.54, 1.807) is 0 Å². The molecule has 1 saturated carbocycles. The van der Waals surface area contributed by atoms with Gasteiger partial charge in [0, 0.05) is 38.5 Å². The third-order valence-corrected chi connectivity index (χ3v) is 7.23. The van der Waals surface area contributed by atoms with Crippen LogP contribution in [-0.4, -0.2) is 55.0 Å². The van der Waals surface area contributed by atoms with E-state index in [4.69, 9.17) is 14.6 Å². The molecule has 0 spiro atoms. The SMILES string of the molecule is O=C(NC1(C(=O)NCC2CC2C(=O)O)CCOCC1)OCC1c2ccccc2-c2ccccc21. The number of alkyl carbamates (subject to hydrolysis) is 1. The second-order valence-electron chi connectivity index (χ2n) is 9.30. The highest BCUT2D eigenvalue weighted by atomic mass is 16.5. The van der Waals surface area contributed by atoms with Crippen molar-refractivity contribution in [3.63, 3.8) is 0 Å². The highest BCUT2D eigenvalue weighted by Gasteiger charge is 2.46. The monoisotopic (exact) mass is 464 g/mol. The molecule has 2 aliphatic carbocycles. The summed E-state index contributed by atoms with van der Waals surface area (Å²) in [5.41, 5.74) is 3.40. The van der Waals surface area contributed by atoms with Gasteiger partial charge >= 0.3 is 12.1 Å². The maximum absolute atomic E-state index is 13.1. The summed E-state index contributed by atoms with van der Waals surface area (Å²) in [4.78, 5) is 37.0. The minimum Gasteiger partial charge on any atom is -0.481 e. The Hall–Kier alpha value is -3.39. The van der Waals surface area contributed by atoms with Gasteiger partial charge < -0.3 is 25.2 Å². The van der Waals surface area contributed by atoms with Crippen LogP contribution in [0.25, 0.3) is 11.1 Å². The second-order valence-corrected chi connectivity index (χ2v) is 9.30. The van der Waals surface area contributed by atoms with E-state index in [9.17, 15) is 14.4 Å². The summed E-state index contributed by atoms with van der Waals surface area (Å²) in [5, 5.41) is 14.7. The Morgan fingerprint density at radius 2 is 1.62 bits per heavy atom. The topological polar surface area (TPSA) is 114 Å². The molecule has 0 bridgehead atoms. The summed E-state index contributed by atoms with van der Waals surface area (Å²) in [5.74, 6) is -1.69. The molecule has 1 heterocycles. The van der Waals surface area contributed by atoms with Crippen molar-refractivity contribution in [3.8, 4) is 11.1 Å². The van der Waals surface area contributed by atoms with Gasteiger partial charge in [0.1, 0.15) is 12.1 Å². The van der Waals surface area contributed by atoms with Gasteiger partial charge in [0.2, 0.25) is 5.91 Å². The van der Waals surface area contributed by atoms with Gasteiger partial charge in [0.05, 0.1) is 5.92 Å². The number of carboxylic acids is 1. The zero-order valence-electron chi connectivity index (χ0n) is 18.8. The van der Waals surface area contributed by atoms with Gasteiger partial charge in [0.25, 0.3) is 0 Å². The van der Waals surface area contributed by atoms with Crippen molar-refractivity contribution in [2.75, 3.05) is 26.4 Å². The number of carboxylic acid groups (broad SMARTS) is 1. The summed E-state index contributed by atoms with van der Waals surface area (Å²) in [6, 6.07) is 16.2. The minimum absolute atomic E-state index is 0.0622. The first-order valence-electron chi connectivity index (χ1n) is 11.7. The normalized spacial score (nSPS) is 22.2. The predicted molar refractivity (Wildman–Crippen MR) is 123 cm³/mol. The molecule has 2 atom stereocenters. The van der Waals surface area contributed by atoms with E-state index in [0.29, 0.717) is 32.5 Å². The van der Waals surface area contributed by atoms with Gasteiger partial charge in [-0.15, -0.1) is 0 Å². The second kappa shape index (κ2) is 9.10. The average molecular weight is 465 g/mol. The van der Waals surface area contributed by atoms with Gasteiger partial charge in [0.15, 0.2) is 0 Å². The van der Waals surface area contributed by atoms with Crippen LogP contribution in [0.4, 0.5) is 4.79 Å². The molecule has 5 rings (SSSR count). The number of benzene rings is 2. The molecule has 2 fully saturated rings. The van der Waals surface area contributed by atoms with Crippen LogP contribution < -0.4 is 10.6 Å². The quantitative estimate of drug-likeness (QED) is 0.581. The molecule has 2 aromatic carbocycles. The Morgan fingerprint density at radius 1 is 1.00 bits per heavy atom. The molecule has 0 radical (unpaired) electrons. The Morgan fingerprint density at radius 3 is 2.21 bits per heavy atom. The van der Waals surface area contributed by atoms with Crippen LogP contribution in [0.2, 0.25) is 0 Å². The number of fused-ring (bicyclic) bond motifs is 3. The van der Waals surface area contributed by atoms with Crippen molar-refractivity contribution in [3.05, 3.63) is 59.7 Å². The molecule has 3 aliphatic rings. The van der Waals surface area contributed by atoms with E-state index in [1.165, 1.54) is 0 Å². The van der Waals surface area contributed by atoms with Gasteiger partial charge in [-0.1, -0.05) is 48.5 Å². The van der Waals surface area contributed by atoms with E-state index >= 15 is 0 Å². The summed E-state index contributed by atoms with van der Waals surface area (Å²) >= 11 is 0. The number of amides is 2. The maximum Gasteiger partial charge on any atom is 0.408 e. The number of carbonyl (C=O) groups excluding carboxylic acids is 2. The molecule has 1 saturated heterocycles. The fraction of sp³-hybridized carbons (Fsp3) is 0.423. The highest BCUT2D eigenvalue weighted by Crippen LogP contribution is 2.44. The van der Waals surface area contributed by atoms with Crippen molar-refractivity contribution in [2.24, 2.45) is 11.8 Å². The first kappa shape index (κ1) is 22.4. The van der Waals surface area contributed by atoms with Crippen molar-refractivity contribution in [1.82, 2.24) is 10.6 Å². The molecule has 34 heavy (non-hydrogen) atoms. The molecule has 0 aromatic heterocycles. The minimum atomic E-state index is -1.13. The van der Waals surface area contributed by atoms with E-state index in [2.05, 4.69) is 34.9 Å². The van der Waals surface area contributed by atoms with Gasteiger partial charge in [-0.05, 0) is 34.6 Å². The van der Waals surface area contributed by atoms with E-state index in [1.807, 2.05) is 24.3 Å². The molecule has 2 unspecified atom stereocenters. The number of hydrogen-bond donors (Lipinski definition) is 3. The first-order valence-corrected chi connectivity index (χ1v) is 11.7. The van der Waals surface area contributed by atoms with Gasteiger partial charge in [-0.25, -0.2) is 4.79 Å². The smallest absolute Gasteiger partial charge is 0.408 e.